The fourth-order valence-electron chi connectivity index (χ4n) is 3.79. The molecule has 7 nitrogen and oxygen atoms in total. The van der Waals surface area contributed by atoms with Crippen LogP contribution in [0.4, 0.5) is 29.5 Å². The fraction of sp³-hybridized carbons (Fsp3) is 0.414. The van der Waals surface area contributed by atoms with Gasteiger partial charge in [0.25, 0.3) is 0 Å². The first-order valence-electron chi connectivity index (χ1n) is 12.8. The molecule has 0 saturated carbocycles. The van der Waals surface area contributed by atoms with Gasteiger partial charge in [0.15, 0.2) is 0 Å². The zero-order valence-electron chi connectivity index (χ0n) is 23.2. The molecule has 0 atom stereocenters. The zero-order chi connectivity index (χ0) is 29.0. The Labute approximate surface area is 227 Å². The largest absolute Gasteiger partial charge is 0.416 e. The number of nitrogens with zero attached hydrogens (tertiary/aromatic N) is 3. The third-order valence-electron chi connectivity index (χ3n) is 6.15. The number of alkyl halides is 3. The highest BCUT2D eigenvalue weighted by Crippen LogP contribution is 2.30. The second-order valence-corrected chi connectivity index (χ2v) is 11.0. The van der Waals surface area contributed by atoms with E-state index >= 15 is 0 Å². The number of urea groups is 1. The average Bonchev–Trinajstić information content (AvgIpc) is 3.25. The Balaban J connectivity index is 1.81. The van der Waals surface area contributed by atoms with Gasteiger partial charge in [-0.05, 0) is 55.2 Å². The molecule has 3 aromatic rings. The van der Waals surface area contributed by atoms with E-state index in [4.69, 9.17) is 5.10 Å². The molecule has 2 N–H and O–H groups in total. The number of benzene rings is 2. The van der Waals surface area contributed by atoms with Crippen LogP contribution in [0, 0.1) is 12.8 Å². The van der Waals surface area contributed by atoms with Crippen LogP contribution in [0.5, 0.6) is 0 Å². The second-order valence-electron chi connectivity index (χ2n) is 11.0. The molecular formula is C29H36F3N5O2. The van der Waals surface area contributed by atoms with Gasteiger partial charge in [0.1, 0.15) is 12.4 Å². The molecule has 2 aromatic carbocycles. The van der Waals surface area contributed by atoms with Gasteiger partial charge in [0.2, 0.25) is 5.91 Å². The number of carbonyl (C=O) groups is 2. The lowest BCUT2D eigenvalue weighted by molar-refractivity contribution is -0.137. The van der Waals surface area contributed by atoms with E-state index in [2.05, 4.69) is 10.6 Å². The van der Waals surface area contributed by atoms with Crippen molar-refractivity contribution in [1.29, 1.82) is 0 Å². The summed E-state index contributed by atoms with van der Waals surface area (Å²) in [5.74, 6) is 0.328. The highest BCUT2D eigenvalue weighted by molar-refractivity contribution is 5.96. The Morgan fingerprint density at radius 1 is 1.00 bits per heavy atom. The van der Waals surface area contributed by atoms with Crippen molar-refractivity contribution in [3.05, 3.63) is 71.4 Å². The molecule has 0 aliphatic carbocycles. The molecular weight excluding hydrogens is 507 g/mol. The van der Waals surface area contributed by atoms with Gasteiger partial charge in [-0.25, -0.2) is 9.48 Å². The van der Waals surface area contributed by atoms with E-state index in [9.17, 15) is 22.8 Å². The average molecular weight is 544 g/mol. The van der Waals surface area contributed by atoms with Crippen LogP contribution in [0.15, 0.2) is 54.6 Å². The lowest BCUT2D eigenvalue weighted by atomic mass is 9.92. The van der Waals surface area contributed by atoms with Crippen LogP contribution in [0.2, 0.25) is 0 Å². The smallest absolute Gasteiger partial charge is 0.315 e. The zero-order valence-corrected chi connectivity index (χ0v) is 23.2. The highest BCUT2D eigenvalue weighted by atomic mass is 19.4. The third kappa shape index (κ3) is 8.08. The van der Waals surface area contributed by atoms with Crippen molar-refractivity contribution in [1.82, 2.24) is 14.7 Å². The molecule has 210 valence electrons. The first-order chi connectivity index (χ1) is 18.1. The number of amides is 3. The molecule has 10 heteroatoms. The van der Waals surface area contributed by atoms with Crippen molar-refractivity contribution >= 4 is 23.4 Å². The van der Waals surface area contributed by atoms with Gasteiger partial charge in [0.05, 0.1) is 16.9 Å². The summed E-state index contributed by atoms with van der Waals surface area (Å²) in [5, 5.41) is 10.3. The molecule has 0 aliphatic rings. The molecule has 1 heterocycles. The number of aromatic nitrogens is 2. The van der Waals surface area contributed by atoms with Crippen LogP contribution in [-0.4, -0.2) is 39.7 Å². The maximum absolute atomic E-state index is 13.2. The van der Waals surface area contributed by atoms with E-state index in [1.807, 2.05) is 71.9 Å². The van der Waals surface area contributed by atoms with Crippen LogP contribution >= 0.6 is 0 Å². The molecule has 0 bridgehead atoms. The van der Waals surface area contributed by atoms with E-state index < -0.39 is 23.7 Å². The molecule has 0 aliphatic heterocycles. The van der Waals surface area contributed by atoms with Gasteiger partial charge in [-0.1, -0.05) is 52.8 Å². The summed E-state index contributed by atoms with van der Waals surface area (Å²) < 4.78 is 40.4. The number of para-hydroxylation sites is 1. The number of halogens is 3. The number of aryl methyl sites for hydroxylation is 1. The molecule has 3 amide bonds. The minimum Gasteiger partial charge on any atom is -0.315 e. The standard InChI is InChI=1S/C29H36F3N5O2/c1-19(2)15-16-36(27(39)33-22-13-11-21(12-14-22)29(30,31)32)18-26(38)34-25-17-24(28(4,5)6)35-37(25)23-10-8-7-9-20(23)3/h7-14,17,19H,15-16,18H2,1-6H3,(H,33,39)(H,34,38). The maximum Gasteiger partial charge on any atom is 0.416 e. The third-order valence-corrected chi connectivity index (χ3v) is 6.15. The molecule has 1 aromatic heterocycles. The van der Waals surface area contributed by atoms with Gasteiger partial charge in [0, 0.05) is 23.7 Å². The summed E-state index contributed by atoms with van der Waals surface area (Å²) >= 11 is 0. The monoisotopic (exact) mass is 543 g/mol. The summed E-state index contributed by atoms with van der Waals surface area (Å²) in [6.07, 6.45) is -3.83. The first-order valence-corrected chi connectivity index (χ1v) is 12.8. The lowest BCUT2D eigenvalue weighted by Crippen LogP contribution is -2.41. The summed E-state index contributed by atoms with van der Waals surface area (Å²) in [7, 11) is 0. The van der Waals surface area contributed by atoms with Crippen molar-refractivity contribution in [3.63, 3.8) is 0 Å². The molecule has 0 saturated heterocycles. The molecule has 0 fully saturated rings. The number of hydrogen-bond donors (Lipinski definition) is 2. The first kappa shape index (κ1) is 29.7. The van der Waals surface area contributed by atoms with Crippen LogP contribution in [-0.2, 0) is 16.4 Å². The number of rotatable bonds is 8. The van der Waals surface area contributed by atoms with Crippen LogP contribution in [0.1, 0.15) is 57.9 Å². The molecule has 3 rings (SSSR count). The summed E-state index contributed by atoms with van der Waals surface area (Å²) in [6.45, 7) is 12.1. The Morgan fingerprint density at radius 2 is 1.64 bits per heavy atom. The Morgan fingerprint density at radius 3 is 2.21 bits per heavy atom. The van der Waals surface area contributed by atoms with Crippen molar-refractivity contribution in [2.75, 3.05) is 23.7 Å². The summed E-state index contributed by atoms with van der Waals surface area (Å²) in [5.41, 5.74) is 1.72. The Bertz CT molecular complexity index is 1290. The minimum atomic E-state index is -4.47. The quantitative estimate of drug-likeness (QED) is 0.321. The van der Waals surface area contributed by atoms with Gasteiger partial charge in [-0.2, -0.15) is 18.3 Å². The lowest BCUT2D eigenvalue weighted by Gasteiger charge is -2.24. The normalized spacial score (nSPS) is 11.9. The molecule has 0 spiro atoms. The summed E-state index contributed by atoms with van der Waals surface area (Å²) in [6, 6.07) is 13.1. The molecule has 0 radical (unpaired) electrons. The predicted octanol–water partition coefficient (Wildman–Crippen LogP) is 7.02. The van der Waals surface area contributed by atoms with Crippen LogP contribution in [0.3, 0.4) is 0 Å². The number of nitrogens with one attached hydrogen (secondary N) is 2. The van der Waals surface area contributed by atoms with Gasteiger partial charge < -0.3 is 15.5 Å². The fourth-order valence-corrected chi connectivity index (χ4v) is 3.79. The Kier molecular flexibility index (Phi) is 9.09. The van der Waals surface area contributed by atoms with Gasteiger partial charge >= 0.3 is 12.2 Å². The van der Waals surface area contributed by atoms with Crippen molar-refractivity contribution in [3.8, 4) is 5.69 Å². The highest BCUT2D eigenvalue weighted by Gasteiger charge is 2.30. The van der Waals surface area contributed by atoms with Crippen LogP contribution < -0.4 is 10.6 Å². The van der Waals surface area contributed by atoms with Crippen molar-refractivity contribution in [2.24, 2.45) is 5.92 Å². The number of anilines is 2. The van der Waals surface area contributed by atoms with Crippen molar-refractivity contribution < 1.29 is 22.8 Å². The molecule has 39 heavy (non-hydrogen) atoms. The van der Waals surface area contributed by atoms with E-state index in [1.165, 1.54) is 17.0 Å². The van der Waals surface area contributed by atoms with Gasteiger partial charge in [-0.3, -0.25) is 4.79 Å². The topological polar surface area (TPSA) is 79.3 Å². The van der Waals surface area contributed by atoms with E-state index in [-0.39, 0.29) is 23.6 Å². The number of hydrogen-bond acceptors (Lipinski definition) is 3. The van der Waals surface area contributed by atoms with Crippen LogP contribution in [0.25, 0.3) is 5.69 Å². The van der Waals surface area contributed by atoms with E-state index in [1.54, 1.807) is 4.68 Å². The predicted molar refractivity (Wildman–Crippen MR) is 147 cm³/mol. The minimum absolute atomic E-state index is 0.204. The molecule has 0 unspecified atom stereocenters. The van der Waals surface area contributed by atoms with E-state index in [0.29, 0.717) is 18.8 Å². The SMILES string of the molecule is Cc1ccccc1-n1nc(C(C)(C)C)cc1NC(=O)CN(CCC(C)C)C(=O)Nc1ccc(C(F)(F)F)cc1. The Hall–Kier alpha value is -3.82. The maximum atomic E-state index is 13.2. The second kappa shape index (κ2) is 11.9. The number of carbonyl (C=O) groups excluding carboxylic acids is 2. The van der Waals surface area contributed by atoms with E-state index in [0.717, 1.165) is 29.1 Å². The van der Waals surface area contributed by atoms with Crippen molar-refractivity contribution in [2.45, 2.75) is 59.6 Å². The van der Waals surface area contributed by atoms with Gasteiger partial charge in [-0.15, -0.1) is 0 Å². The summed E-state index contributed by atoms with van der Waals surface area (Å²) in [4.78, 5) is 27.6.